The van der Waals surface area contributed by atoms with Gasteiger partial charge in [-0.3, -0.25) is 0 Å². The van der Waals surface area contributed by atoms with Crippen molar-refractivity contribution in [2.75, 3.05) is 30.9 Å². The molecule has 0 atom stereocenters. The maximum atomic E-state index is 5.92. The first-order valence-electron chi connectivity index (χ1n) is 5.66. The van der Waals surface area contributed by atoms with Crippen molar-refractivity contribution in [1.82, 2.24) is 19.9 Å². The highest BCUT2D eigenvalue weighted by molar-refractivity contribution is 7.09. The second-order valence-electron chi connectivity index (χ2n) is 4.31. The summed E-state index contributed by atoms with van der Waals surface area (Å²) in [4.78, 5) is 20.7. The molecule has 6 nitrogen and oxygen atoms in total. The lowest BCUT2D eigenvalue weighted by molar-refractivity contribution is 0.826. The van der Waals surface area contributed by atoms with E-state index in [2.05, 4.69) is 19.9 Å². The van der Waals surface area contributed by atoms with Gasteiger partial charge in [-0.2, -0.15) is 15.0 Å². The van der Waals surface area contributed by atoms with Crippen LogP contribution in [-0.4, -0.2) is 41.1 Å². The van der Waals surface area contributed by atoms with Crippen LogP contribution in [0.3, 0.4) is 0 Å². The van der Waals surface area contributed by atoms with Crippen LogP contribution in [-0.2, 0) is 6.54 Å². The Morgan fingerprint density at radius 1 is 1.11 bits per heavy atom. The fourth-order valence-corrected chi connectivity index (χ4v) is 2.25. The van der Waals surface area contributed by atoms with E-state index in [1.807, 2.05) is 38.3 Å². The molecule has 102 valence electrons. The smallest absolute Gasteiger partial charge is 0.231 e. The van der Waals surface area contributed by atoms with E-state index in [9.17, 15) is 0 Å². The van der Waals surface area contributed by atoms with Crippen LogP contribution in [0.5, 0.6) is 0 Å². The van der Waals surface area contributed by atoms with Crippen molar-refractivity contribution < 1.29 is 0 Å². The van der Waals surface area contributed by atoms with Crippen molar-refractivity contribution in [1.29, 1.82) is 0 Å². The van der Waals surface area contributed by atoms with E-state index >= 15 is 0 Å². The molecule has 0 aliphatic carbocycles. The highest BCUT2D eigenvalue weighted by Gasteiger charge is 2.12. The van der Waals surface area contributed by atoms with Crippen LogP contribution in [0.25, 0.3) is 0 Å². The standard InChI is InChI=1S/C11H15ClN6S/c1-7-13-8(6-19-7)5-18(4)11-15-9(12)14-10(16-11)17(2)3/h6H,5H2,1-4H3. The van der Waals surface area contributed by atoms with E-state index in [4.69, 9.17) is 11.6 Å². The van der Waals surface area contributed by atoms with E-state index in [1.165, 1.54) is 0 Å². The molecule has 8 heteroatoms. The zero-order valence-corrected chi connectivity index (χ0v) is 12.8. The van der Waals surface area contributed by atoms with Gasteiger partial charge in [0.2, 0.25) is 17.2 Å². The maximum absolute atomic E-state index is 5.92. The molecule has 0 aromatic carbocycles. The minimum absolute atomic E-state index is 0.190. The number of rotatable bonds is 4. The number of aryl methyl sites for hydroxylation is 1. The van der Waals surface area contributed by atoms with E-state index in [0.29, 0.717) is 18.4 Å². The fraction of sp³-hybridized carbons (Fsp3) is 0.455. The molecule has 0 saturated heterocycles. The van der Waals surface area contributed by atoms with Gasteiger partial charge in [-0.25, -0.2) is 4.98 Å². The SMILES string of the molecule is Cc1nc(CN(C)c2nc(Cl)nc(N(C)C)n2)cs1. The summed E-state index contributed by atoms with van der Waals surface area (Å²) in [5.41, 5.74) is 0.993. The normalized spacial score (nSPS) is 10.6. The Labute approximate surface area is 121 Å². The number of hydrogen-bond donors (Lipinski definition) is 0. The molecule has 0 spiro atoms. The van der Waals surface area contributed by atoms with Crippen LogP contribution >= 0.6 is 22.9 Å². The van der Waals surface area contributed by atoms with E-state index < -0.39 is 0 Å². The number of hydrogen-bond acceptors (Lipinski definition) is 7. The summed E-state index contributed by atoms with van der Waals surface area (Å²) in [5.74, 6) is 1.07. The van der Waals surface area contributed by atoms with Gasteiger partial charge >= 0.3 is 0 Å². The lowest BCUT2D eigenvalue weighted by atomic mass is 10.4. The van der Waals surface area contributed by atoms with E-state index in [-0.39, 0.29) is 5.28 Å². The molecule has 2 rings (SSSR count). The van der Waals surface area contributed by atoms with Crippen molar-refractivity contribution in [3.05, 3.63) is 21.4 Å². The Morgan fingerprint density at radius 3 is 2.37 bits per heavy atom. The summed E-state index contributed by atoms with van der Waals surface area (Å²) in [5, 5.41) is 3.27. The Balaban J connectivity index is 2.20. The zero-order chi connectivity index (χ0) is 14.0. The number of anilines is 2. The molecular formula is C11H15ClN6S. The molecule has 0 aliphatic heterocycles. The summed E-state index contributed by atoms with van der Waals surface area (Å²) < 4.78 is 0. The van der Waals surface area contributed by atoms with Crippen molar-refractivity contribution in [2.24, 2.45) is 0 Å². The van der Waals surface area contributed by atoms with E-state index in [1.54, 1.807) is 16.2 Å². The number of aromatic nitrogens is 4. The van der Waals surface area contributed by atoms with Gasteiger partial charge in [0.05, 0.1) is 17.2 Å². The first kappa shape index (κ1) is 14.0. The molecule has 2 aromatic rings. The molecule has 0 amide bonds. The number of thiazole rings is 1. The Hall–Kier alpha value is -1.47. The third-order valence-corrected chi connectivity index (χ3v) is 3.38. The molecule has 0 fully saturated rings. The first-order valence-corrected chi connectivity index (χ1v) is 6.92. The van der Waals surface area contributed by atoms with Gasteiger partial charge in [0, 0.05) is 26.5 Å². The molecular weight excluding hydrogens is 284 g/mol. The second-order valence-corrected chi connectivity index (χ2v) is 5.71. The average Bonchev–Trinajstić information content (AvgIpc) is 2.73. The molecule has 2 heterocycles. The molecule has 0 N–H and O–H groups in total. The van der Waals surface area contributed by atoms with Crippen molar-refractivity contribution >= 4 is 34.8 Å². The van der Waals surface area contributed by atoms with E-state index in [0.717, 1.165) is 10.7 Å². The number of halogens is 1. The first-order chi connectivity index (χ1) is 8.95. The third kappa shape index (κ3) is 3.51. The maximum Gasteiger partial charge on any atom is 0.231 e. The monoisotopic (exact) mass is 298 g/mol. The average molecular weight is 299 g/mol. The van der Waals surface area contributed by atoms with Crippen molar-refractivity contribution in [2.45, 2.75) is 13.5 Å². The van der Waals surface area contributed by atoms with Crippen LogP contribution in [0.4, 0.5) is 11.9 Å². The van der Waals surface area contributed by atoms with Gasteiger partial charge in [0.25, 0.3) is 0 Å². The second kappa shape index (κ2) is 5.66. The van der Waals surface area contributed by atoms with Gasteiger partial charge in [0.1, 0.15) is 0 Å². The largest absolute Gasteiger partial charge is 0.347 e. The van der Waals surface area contributed by atoms with Crippen molar-refractivity contribution in [3.8, 4) is 0 Å². The Morgan fingerprint density at radius 2 is 1.79 bits per heavy atom. The van der Waals surface area contributed by atoms with Crippen LogP contribution in [0.1, 0.15) is 10.7 Å². The fourth-order valence-electron chi connectivity index (χ4n) is 1.49. The van der Waals surface area contributed by atoms with Crippen LogP contribution in [0, 0.1) is 6.92 Å². The topological polar surface area (TPSA) is 58.0 Å². The lowest BCUT2D eigenvalue weighted by Crippen LogP contribution is -2.22. The number of nitrogens with zero attached hydrogens (tertiary/aromatic N) is 6. The summed E-state index contributed by atoms with van der Waals surface area (Å²) in [7, 11) is 5.62. The Bertz CT molecular complexity index is 570. The molecule has 0 radical (unpaired) electrons. The minimum Gasteiger partial charge on any atom is -0.347 e. The van der Waals surface area contributed by atoms with Gasteiger partial charge in [-0.05, 0) is 18.5 Å². The lowest BCUT2D eigenvalue weighted by Gasteiger charge is -2.18. The molecule has 0 saturated carbocycles. The predicted molar refractivity (Wildman–Crippen MR) is 78.1 cm³/mol. The summed E-state index contributed by atoms with van der Waals surface area (Å²) in [6.07, 6.45) is 0. The summed E-state index contributed by atoms with van der Waals surface area (Å²) >= 11 is 7.54. The Kier molecular flexibility index (Phi) is 4.16. The molecule has 0 aliphatic rings. The third-order valence-electron chi connectivity index (χ3n) is 2.39. The van der Waals surface area contributed by atoms with Crippen molar-refractivity contribution in [3.63, 3.8) is 0 Å². The minimum atomic E-state index is 0.190. The van der Waals surface area contributed by atoms with Gasteiger partial charge in [-0.1, -0.05) is 0 Å². The highest BCUT2D eigenvalue weighted by atomic mass is 35.5. The van der Waals surface area contributed by atoms with Crippen LogP contribution in [0.15, 0.2) is 5.38 Å². The van der Waals surface area contributed by atoms with Crippen LogP contribution < -0.4 is 9.80 Å². The quantitative estimate of drug-likeness (QED) is 0.860. The zero-order valence-electron chi connectivity index (χ0n) is 11.3. The molecule has 2 aromatic heterocycles. The molecule has 0 bridgehead atoms. The molecule has 0 unspecified atom stereocenters. The summed E-state index contributed by atoms with van der Waals surface area (Å²) in [6, 6.07) is 0. The van der Waals surface area contributed by atoms with Gasteiger partial charge < -0.3 is 9.80 Å². The van der Waals surface area contributed by atoms with Gasteiger partial charge in [-0.15, -0.1) is 11.3 Å². The summed E-state index contributed by atoms with van der Waals surface area (Å²) in [6.45, 7) is 2.62. The van der Waals surface area contributed by atoms with Crippen LogP contribution in [0.2, 0.25) is 5.28 Å². The molecule has 19 heavy (non-hydrogen) atoms. The van der Waals surface area contributed by atoms with Gasteiger partial charge in [0.15, 0.2) is 0 Å². The predicted octanol–water partition coefficient (Wildman–Crippen LogP) is 1.99. The highest BCUT2D eigenvalue weighted by Crippen LogP contribution is 2.17.